The molecule has 0 aliphatic carbocycles. The third kappa shape index (κ3) is 51.8. The van der Waals surface area contributed by atoms with E-state index in [0.29, 0.717) is 19.3 Å². The van der Waals surface area contributed by atoms with E-state index in [1.54, 1.807) is 0 Å². The van der Waals surface area contributed by atoms with Gasteiger partial charge in [-0.05, 0) is 89.9 Å². The van der Waals surface area contributed by atoms with Gasteiger partial charge in [0.25, 0.3) is 0 Å². The summed E-state index contributed by atoms with van der Waals surface area (Å²) < 4.78 is 16.8. The Hall–Kier alpha value is -3.15. The van der Waals surface area contributed by atoms with Gasteiger partial charge in [-0.25, -0.2) is 0 Å². The standard InChI is InChI=1S/C60H104O6/c1-4-7-10-13-16-19-22-25-27-29-31-32-35-38-41-44-47-50-53-59(62)65-56-57(55-64-58(61)52-49-46-43-40-37-34-24-21-18-15-12-9-6-3)66-60(63)54-51-48-45-42-39-36-33-30-28-26-23-20-17-14-11-8-5-2/h9,12,15,18,21,24,26-29,31-32,57H,4-8,10-11,13-14,16-17,19-20,22-23,25,30,33-56H2,1-3H3/b12-9-,18-15-,24-21-,28-26-,29-27-,32-31-. The molecule has 1 unspecified atom stereocenters. The quantitative estimate of drug-likeness (QED) is 0.0199. The fraction of sp³-hybridized carbons (Fsp3) is 0.750. The lowest BCUT2D eigenvalue weighted by Gasteiger charge is -2.18. The molecule has 6 heteroatoms. The number of ether oxygens (including phenoxy) is 3. The zero-order valence-corrected chi connectivity index (χ0v) is 43.4. The van der Waals surface area contributed by atoms with Gasteiger partial charge in [-0.1, -0.05) is 235 Å². The first-order valence-corrected chi connectivity index (χ1v) is 28.0. The van der Waals surface area contributed by atoms with Gasteiger partial charge < -0.3 is 14.2 Å². The number of unbranched alkanes of at least 4 members (excludes halogenated alkanes) is 30. The SMILES string of the molecule is CC\C=C/C=C\C=C/CCCCCCCC(=O)OCC(COC(=O)CCCCCCC/C=C\C=C/CCCCCCCCC)OC(=O)CCCCCCCCC/C=C\CCCCCCCC. The summed E-state index contributed by atoms with van der Waals surface area (Å²) in [4.78, 5) is 38.1. The van der Waals surface area contributed by atoms with E-state index >= 15 is 0 Å². The molecule has 0 heterocycles. The van der Waals surface area contributed by atoms with Crippen molar-refractivity contribution >= 4 is 17.9 Å². The molecule has 0 aliphatic rings. The summed E-state index contributed by atoms with van der Waals surface area (Å²) in [5.41, 5.74) is 0. The summed E-state index contributed by atoms with van der Waals surface area (Å²) in [6.45, 7) is 6.48. The molecule has 0 N–H and O–H groups in total. The summed E-state index contributed by atoms with van der Waals surface area (Å²) in [5.74, 6) is -0.925. The molecule has 0 aliphatic heterocycles. The van der Waals surface area contributed by atoms with Gasteiger partial charge in [0, 0.05) is 19.3 Å². The Bertz CT molecular complexity index is 1240. The smallest absolute Gasteiger partial charge is 0.306 e. The molecule has 0 aromatic carbocycles. The Morgan fingerprint density at radius 3 is 0.970 bits per heavy atom. The Balaban J connectivity index is 4.42. The van der Waals surface area contributed by atoms with Crippen molar-refractivity contribution in [1.29, 1.82) is 0 Å². The first-order valence-electron chi connectivity index (χ1n) is 28.0. The minimum Gasteiger partial charge on any atom is -0.462 e. The van der Waals surface area contributed by atoms with E-state index in [2.05, 4.69) is 93.7 Å². The third-order valence-electron chi connectivity index (χ3n) is 12.0. The van der Waals surface area contributed by atoms with Crippen LogP contribution < -0.4 is 0 Å². The van der Waals surface area contributed by atoms with Crippen LogP contribution in [0, 0.1) is 0 Å². The lowest BCUT2D eigenvalue weighted by atomic mass is 10.1. The zero-order valence-electron chi connectivity index (χ0n) is 43.4. The van der Waals surface area contributed by atoms with Gasteiger partial charge in [-0.15, -0.1) is 0 Å². The highest BCUT2D eigenvalue weighted by molar-refractivity contribution is 5.71. The number of esters is 3. The number of rotatable bonds is 50. The van der Waals surface area contributed by atoms with Crippen molar-refractivity contribution in [3.8, 4) is 0 Å². The number of carbonyl (C=O) groups is 3. The highest BCUT2D eigenvalue weighted by Crippen LogP contribution is 2.15. The van der Waals surface area contributed by atoms with Crippen LogP contribution in [0.5, 0.6) is 0 Å². The number of allylic oxidation sites excluding steroid dienone is 12. The average Bonchev–Trinajstić information content (AvgIpc) is 3.31. The summed E-state index contributed by atoms with van der Waals surface area (Å²) in [7, 11) is 0. The Morgan fingerprint density at radius 1 is 0.318 bits per heavy atom. The van der Waals surface area contributed by atoms with Crippen molar-refractivity contribution in [2.75, 3.05) is 13.2 Å². The van der Waals surface area contributed by atoms with Gasteiger partial charge >= 0.3 is 17.9 Å². The second-order valence-electron chi connectivity index (χ2n) is 18.5. The van der Waals surface area contributed by atoms with Crippen LogP contribution in [0.2, 0.25) is 0 Å². The molecule has 0 saturated carbocycles. The van der Waals surface area contributed by atoms with E-state index in [1.807, 2.05) is 0 Å². The van der Waals surface area contributed by atoms with Crippen molar-refractivity contribution in [2.45, 2.75) is 277 Å². The minimum absolute atomic E-state index is 0.0917. The lowest BCUT2D eigenvalue weighted by molar-refractivity contribution is -0.167. The van der Waals surface area contributed by atoms with E-state index in [0.717, 1.165) is 103 Å². The molecule has 0 saturated heterocycles. The molecule has 66 heavy (non-hydrogen) atoms. The molecular formula is C60H104O6. The highest BCUT2D eigenvalue weighted by Gasteiger charge is 2.19. The number of hydrogen-bond acceptors (Lipinski definition) is 6. The predicted molar refractivity (Wildman–Crippen MR) is 284 cm³/mol. The number of hydrogen-bond donors (Lipinski definition) is 0. The van der Waals surface area contributed by atoms with Gasteiger partial charge in [0.1, 0.15) is 13.2 Å². The van der Waals surface area contributed by atoms with E-state index in [1.165, 1.54) is 128 Å². The topological polar surface area (TPSA) is 78.9 Å². The normalized spacial score (nSPS) is 12.6. The predicted octanol–water partition coefficient (Wildman–Crippen LogP) is 18.6. The first kappa shape index (κ1) is 62.8. The van der Waals surface area contributed by atoms with Crippen LogP contribution in [-0.4, -0.2) is 37.2 Å². The highest BCUT2D eigenvalue weighted by atomic mass is 16.6. The molecule has 0 bridgehead atoms. The van der Waals surface area contributed by atoms with Crippen LogP contribution in [0.25, 0.3) is 0 Å². The van der Waals surface area contributed by atoms with Crippen molar-refractivity contribution in [2.24, 2.45) is 0 Å². The lowest BCUT2D eigenvalue weighted by Crippen LogP contribution is -2.30. The second-order valence-corrected chi connectivity index (χ2v) is 18.5. The Morgan fingerprint density at radius 2 is 0.606 bits per heavy atom. The first-order chi connectivity index (χ1) is 32.5. The van der Waals surface area contributed by atoms with Gasteiger partial charge in [0.05, 0.1) is 0 Å². The van der Waals surface area contributed by atoms with Crippen molar-refractivity contribution in [3.63, 3.8) is 0 Å². The molecule has 0 aromatic heterocycles. The van der Waals surface area contributed by atoms with Gasteiger partial charge in [0.15, 0.2) is 6.10 Å². The third-order valence-corrected chi connectivity index (χ3v) is 12.0. The van der Waals surface area contributed by atoms with Crippen LogP contribution >= 0.6 is 0 Å². The van der Waals surface area contributed by atoms with Crippen LogP contribution in [0.1, 0.15) is 271 Å². The van der Waals surface area contributed by atoms with Crippen LogP contribution in [-0.2, 0) is 28.6 Å². The average molecular weight is 921 g/mol. The van der Waals surface area contributed by atoms with Crippen LogP contribution in [0.3, 0.4) is 0 Å². The fourth-order valence-corrected chi connectivity index (χ4v) is 7.78. The van der Waals surface area contributed by atoms with Crippen LogP contribution in [0.15, 0.2) is 72.9 Å². The van der Waals surface area contributed by atoms with E-state index in [-0.39, 0.29) is 31.1 Å². The van der Waals surface area contributed by atoms with E-state index in [4.69, 9.17) is 14.2 Å². The maximum atomic E-state index is 12.8. The molecule has 380 valence electrons. The molecule has 1 atom stereocenters. The molecule has 0 amide bonds. The Labute approximate surface area is 408 Å². The summed E-state index contributed by atoms with van der Waals surface area (Å²) in [6, 6.07) is 0. The molecule has 0 spiro atoms. The summed E-state index contributed by atoms with van der Waals surface area (Å²) in [5, 5.41) is 0. The summed E-state index contributed by atoms with van der Waals surface area (Å²) >= 11 is 0. The van der Waals surface area contributed by atoms with Gasteiger partial charge in [-0.3, -0.25) is 14.4 Å². The zero-order chi connectivity index (χ0) is 47.9. The van der Waals surface area contributed by atoms with E-state index in [9.17, 15) is 14.4 Å². The monoisotopic (exact) mass is 921 g/mol. The van der Waals surface area contributed by atoms with Gasteiger partial charge in [0.2, 0.25) is 0 Å². The number of carbonyl (C=O) groups excluding carboxylic acids is 3. The van der Waals surface area contributed by atoms with Crippen LogP contribution in [0.4, 0.5) is 0 Å². The second kappa shape index (κ2) is 54.5. The van der Waals surface area contributed by atoms with Gasteiger partial charge in [-0.2, -0.15) is 0 Å². The molecule has 6 nitrogen and oxygen atoms in total. The maximum Gasteiger partial charge on any atom is 0.306 e. The van der Waals surface area contributed by atoms with Crippen molar-refractivity contribution in [1.82, 2.24) is 0 Å². The van der Waals surface area contributed by atoms with Crippen molar-refractivity contribution < 1.29 is 28.6 Å². The van der Waals surface area contributed by atoms with Crippen molar-refractivity contribution in [3.05, 3.63) is 72.9 Å². The van der Waals surface area contributed by atoms with E-state index < -0.39 is 6.10 Å². The fourth-order valence-electron chi connectivity index (χ4n) is 7.78. The maximum absolute atomic E-state index is 12.8. The molecule has 0 fully saturated rings. The molecule has 0 rings (SSSR count). The molecular weight excluding hydrogens is 817 g/mol. The summed E-state index contributed by atoms with van der Waals surface area (Å²) in [6.07, 6.45) is 68.9. The molecule has 0 aromatic rings. The minimum atomic E-state index is -0.793. The molecule has 0 radical (unpaired) electrons. The Kier molecular flexibility index (Phi) is 51.9. The largest absolute Gasteiger partial charge is 0.462 e.